The van der Waals surface area contributed by atoms with Gasteiger partial charge in [-0.15, -0.1) is 0 Å². The SMILES string of the molecule is O=C(CC1CCCCC1)Nc1ccccc1CCCO. The minimum Gasteiger partial charge on any atom is -0.396 e. The molecular formula is C17H25NO2. The van der Waals surface area contributed by atoms with Gasteiger partial charge >= 0.3 is 0 Å². The second-order valence-electron chi connectivity index (χ2n) is 5.74. The Balaban J connectivity index is 1.89. The van der Waals surface area contributed by atoms with Crippen molar-refractivity contribution in [3.05, 3.63) is 29.8 Å². The first-order chi connectivity index (χ1) is 9.79. The predicted molar refractivity (Wildman–Crippen MR) is 81.7 cm³/mol. The van der Waals surface area contributed by atoms with Crippen molar-refractivity contribution in [1.29, 1.82) is 0 Å². The average molecular weight is 275 g/mol. The first kappa shape index (κ1) is 15.0. The number of aliphatic hydroxyl groups excluding tert-OH is 1. The van der Waals surface area contributed by atoms with E-state index in [9.17, 15) is 4.79 Å². The fourth-order valence-corrected chi connectivity index (χ4v) is 2.98. The number of aliphatic hydroxyl groups is 1. The van der Waals surface area contributed by atoms with Gasteiger partial charge in [0.1, 0.15) is 0 Å². The highest BCUT2D eigenvalue weighted by Gasteiger charge is 2.17. The summed E-state index contributed by atoms with van der Waals surface area (Å²) in [6, 6.07) is 7.89. The van der Waals surface area contributed by atoms with Gasteiger partial charge in [-0.2, -0.15) is 0 Å². The van der Waals surface area contributed by atoms with Crippen molar-refractivity contribution in [2.24, 2.45) is 5.92 Å². The molecule has 2 rings (SSSR count). The first-order valence-corrected chi connectivity index (χ1v) is 7.78. The van der Waals surface area contributed by atoms with Crippen molar-refractivity contribution in [3.8, 4) is 0 Å². The van der Waals surface area contributed by atoms with Gasteiger partial charge in [0, 0.05) is 18.7 Å². The third kappa shape index (κ3) is 4.64. The van der Waals surface area contributed by atoms with Crippen LogP contribution in [0.15, 0.2) is 24.3 Å². The van der Waals surface area contributed by atoms with E-state index in [1.54, 1.807) is 0 Å². The van der Waals surface area contributed by atoms with E-state index in [2.05, 4.69) is 5.32 Å². The molecule has 20 heavy (non-hydrogen) atoms. The highest BCUT2D eigenvalue weighted by atomic mass is 16.2. The second kappa shape index (κ2) is 8.05. The van der Waals surface area contributed by atoms with Crippen molar-refractivity contribution >= 4 is 11.6 Å². The molecule has 1 aliphatic carbocycles. The van der Waals surface area contributed by atoms with Crippen LogP contribution in [0.5, 0.6) is 0 Å². The largest absolute Gasteiger partial charge is 0.396 e. The number of benzene rings is 1. The van der Waals surface area contributed by atoms with Crippen LogP contribution < -0.4 is 5.32 Å². The van der Waals surface area contributed by atoms with E-state index < -0.39 is 0 Å². The van der Waals surface area contributed by atoms with Crippen LogP contribution in [0.25, 0.3) is 0 Å². The van der Waals surface area contributed by atoms with Gasteiger partial charge < -0.3 is 10.4 Å². The fraction of sp³-hybridized carbons (Fsp3) is 0.588. The number of carbonyl (C=O) groups excluding carboxylic acids is 1. The van der Waals surface area contributed by atoms with Crippen LogP contribution in [0.3, 0.4) is 0 Å². The van der Waals surface area contributed by atoms with Gasteiger partial charge in [0.15, 0.2) is 0 Å². The number of anilines is 1. The molecule has 0 aliphatic heterocycles. The molecule has 3 nitrogen and oxygen atoms in total. The highest BCUT2D eigenvalue weighted by molar-refractivity contribution is 5.91. The number of hydrogen-bond donors (Lipinski definition) is 2. The molecule has 0 aromatic heterocycles. The van der Waals surface area contributed by atoms with Gasteiger partial charge in [-0.1, -0.05) is 37.5 Å². The number of para-hydroxylation sites is 1. The predicted octanol–water partition coefficient (Wildman–Crippen LogP) is 3.52. The van der Waals surface area contributed by atoms with Crippen LogP contribution in [0, 0.1) is 5.92 Å². The zero-order valence-corrected chi connectivity index (χ0v) is 12.1. The van der Waals surface area contributed by atoms with E-state index in [-0.39, 0.29) is 12.5 Å². The third-order valence-electron chi connectivity index (χ3n) is 4.09. The standard InChI is InChI=1S/C17H25NO2/c19-12-6-10-15-9-4-5-11-16(15)18-17(20)13-14-7-2-1-3-8-14/h4-5,9,11,14,19H,1-3,6-8,10,12-13H2,(H,18,20). The van der Waals surface area contributed by atoms with Crippen LogP contribution in [-0.2, 0) is 11.2 Å². The van der Waals surface area contributed by atoms with E-state index in [0.29, 0.717) is 12.3 Å². The van der Waals surface area contributed by atoms with Crippen molar-refractivity contribution in [3.63, 3.8) is 0 Å². The van der Waals surface area contributed by atoms with E-state index in [1.807, 2.05) is 24.3 Å². The molecular weight excluding hydrogens is 250 g/mol. The Hall–Kier alpha value is -1.35. The normalized spacial score (nSPS) is 16.1. The summed E-state index contributed by atoms with van der Waals surface area (Å²) < 4.78 is 0. The first-order valence-electron chi connectivity index (χ1n) is 7.78. The van der Waals surface area contributed by atoms with Crippen LogP contribution in [0.1, 0.15) is 50.5 Å². The molecule has 1 saturated carbocycles. The second-order valence-corrected chi connectivity index (χ2v) is 5.74. The quantitative estimate of drug-likeness (QED) is 0.834. The zero-order chi connectivity index (χ0) is 14.2. The molecule has 2 N–H and O–H groups in total. The molecule has 0 spiro atoms. The maximum atomic E-state index is 12.1. The highest BCUT2D eigenvalue weighted by Crippen LogP contribution is 2.27. The molecule has 0 radical (unpaired) electrons. The van der Waals surface area contributed by atoms with Gasteiger partial charge in [0.05, 0.1) is 0 Å². The molecule has 1 fully saturated rings. The van der Waals surface area contributed by atoms with Gasteiger partial charge in [0.2, 0.25) is 5.91 Å². The molecule has 1 aliphatic rings. The molecule has 0 saturated heterocycles. The summed E-state index contributed by atoms with van der Waals surface area (Å²) >= 11 is 0. The van der Waals surface area contributed by atoms with Crippen molar-refractivity contribution in [2.75, 3.05) is 11.9 Å². The summed E-state index contributed by atoms with van der Waals surface area (Å²) in [5, 5.41) is 12.0. The molecule has 1 amide bonds. The summed E-state index contributed by atoms with van der Waals surface area (Å²) in [4.78, 5) is 12.1. The monoisotopic (exact) mass is 275 g/mol. The van der Waals surface area contributed by atoms with Gasteiger partial charge in [-0.3, -0.25) is 4.79 Å². The lowest BCUT2D eigenvalue weighted by atomic mass is 9.87. The van der Waals surface area contributed by atoms with Gasteiger partial charge in [-0.05, 0) is 43.2 Å². The number of aryl methyl sites for hydroxylation is 1. The molecule has 3 heteroatoms. The number of hydrogen-bond acceptors (Lipinski definition) is 2. The van der Waals surface area contributed by atoms with Crippen molar-refractivity contribution in [2.45, 2.75) is 51.4 Å². The minimum absolute atomic E-state index is 0.133. The zero-order valence-electron chi connectivity index (χ0n) is 12.1. The molecule has 0 heterocycles. The molecule has 0 atom stereocenters. The number of amides is 1. The Morgan fingerprint density at radius 2 is 1.95 bits per heavy atom. The van der Waals surface area contributed by atoms with Crippen LogP contribution >= 0.6 is 0 Å². The molecule has 1 aromatic rings. The van der Waals surface area contributed by atoms with Crippen LogP contribution in [0.2, 0.25) is 0 Å². The summed E-state index contributed by atoms with van der Waals surface area (Å²) in [7, 11) is 0. The molecule has 110 valence electrons. The number of carbonyl (C=O) groups is 1. The number of nitrogens with one attached hydrogen (secondary N) is 1. The summed E-state index contributed by atoms with van der Waals surface area (Å²) in [6.07, 6.45) is 8.43. The maximum absolute atomic E-state index is 12.1. The Kier molecular flexibility index (Phi) is 6.06. The lowest BCUT2D eigenvalue weighted by Crippen LogP contribution is -2.19. The lowest BCUT2D eigenvalue weighted by Gasteiger charge is -2.21. The van der Waals surface area contributed by atoms with Crippen molar-refractivity contribution < 1.29 is 9.90 Å². The van der Waals surface area contributed by atoms with Crippen LogP contribution in [-0.4, -0.2) is 17.6 Å². The number of rotatable bonds is 6. The topological polar surface area (TPSA) is 49.3 Å². The smallest absolute Gasteiger partial charge is 0.224 e. The van der Waals surface area contributed by atoms with Gasteiger partial charge in [0.25, 0.3) is 0 Å². The van der Waals surface area contributed by atoms with Gasteiger partial charge in [-0.25, -0.2) is 0 Å². The summed E-state index contributed by atoms with van der Waals surface area (Å²) in [5.41, 5.74) is 2.01. The van der Waals surface area contributed by atoms with Crippen LogP contribution in [0.4, 0.5) is 5.69 Å². The average Bonchev–Trinajstić information content (AvgIpc) is 2.47. The Labute approximate surface area is 121 Å². The molecule has 0 bridgehead atoms. The van der Waals surface area contributed by atoms with E-state index in [4.69, 9.17) is 5.11 Å². The third-order valence-corrected chi connectivity index (χ3v) is 4.09. The molecule has 0 unspecified atom stereocenters. The lowest BCUT2D eigenvalue weighted by molar-refractivity contribution is -0.117. The Morgan fingerprint density at radius 1 is 1.20 bits per heavy atom. The van der Waals surface area contributed by atoms with E-state index in [1.165, 1.54) is 32.1 Å². The Bertz CT molecular complexity index is 425. The minimum atomic E-state index is 0.133. The maximum Gasteiger partial charge on any atom is 0.224 e. The Morgan fingerprint density at radius 3 is 2.70 bits per heavy atom. The summed E-state index contributed by atoms with van der Waals surface area (Å²) in [5.74, 6) is 0.696. The fourth-order valence-electron chi connectivity index (χ4n) is 2.98. The summed E-state index contributed by atoms with van der Waals surface area (Å²) in [6.45, 7) is 0.185. The van der Waals surface area contributed by atoms with E-state index in [0.717, 1.165) is 24.1 Å². The van der Waals surface area contributed by atoms with E-state index >= 15 is 0 Å². The molecule has 1 aromatic carbocycles. The van der Waals surface area contributed by atoms with Crippen molar-refractivity contribution in [1.82, 2.24) is 0 Å².